The monoisotopic (exact) mass is 477 g/mol. The normalized spacial score (nSPS) is 14.0. The first kappa shape index (κ1) is 24.6. The minimum absolute atomic E-state index is 0.0364. The third-order valence-corrected chi connectivity index (χ3v) is 6.31. The van der Waals surface area contributed by atoms with Crippen LogP contribution in [0.15, 0.2) is 61.1 Å². The van der Waals surface area contributed by atoms with Gasteiger partial charge in [0, 0.05) is 43.2 Å². The molecule has 0 saturated carbocycles. The van der Waals surface area contributed by atoms with E-state index in [9.17, 15) is 9.90 Å². The zero-order chi connectivity index (χ0) is 24.8. The molecule has 0 spiro atoms. The molecule has 1 heterocycles. The lowest BCUT2D eigenvalue weighted by Crippen LogP contribution is -2.48. The molecule has 2 aromatic carbocycles. The van der Waals surface area contributed by atoms with E-state index in [1.54, 1.807) is 14.2 Å². The second-order valence-electron chi connectivity index (χ2n) is 8.64. The Kier molecular flexibility index (Phi) is 7.91. The molecule has 0 saturated heterocycles. The van der Waals surface area contributed by atoms with E-state index in [0.29, 0.717) is 18.8 Å². The number of rotatable bonds is 10. The van der Waals surface area contributed by atoms with Crippen LogP contribution in [0, 0.1) is 0 Å². The lowest BCUT2D eigenvalue weighted by molar-refractivity contribution is 0.0435. The van der Waals surface area contributed by atoms with Crippen molar-refractivity contribution in [3.63, 3.8) is 0 Å². The van der Waals surface area contributed by atoms with Crippen LogP contribution >= 0.6 is 0 Å². The second kappa shape index (κ2) is 11.3. The summed E-state index contributed by atoms with van der Waals surface area (Å²) in [7, 11) is 3.25. The summed E-state index contributed by atoms with van der Waals surface area (Å²) in [6, 6.07) is 14.3. The fourth-order valence-electron chi connectivity index (χ4n) is 4.53. The van der Waals surface area contributed by atoms with Crippen molar-refractivity contribution < 1.29 is 19.4 Å². The number of nitrogens with two attached hydrogens (primary N) is 1. The number of methoxy groups -OCH3 is 2. The Morgan fingerprint density at radius 1 is 1.11 bits per heavy atom. The first-order chi connectivity index (χ1) is 17.0. The molecule has 3 N–H and O–H groups in total. The Hall–Kier alpha value is -3.53. The van der Waals surface area contributed by atoms with Gasteiger partial charge in [0.2, 0.25) is 0 Å². The van der Waals surface area contributed by atoms with E-state index >= 15 is 0 Å². The molecule has 1 aliphatic carbocycles. The van der Waals surface area contributed by atoms with Crippen molar-refractivity contribution in [2.75, 3.05) is 27.3 Å². The number of aliphatic hydroxyl groups is 1. The highest BCUT2D eigenvalue weighted by Crippen LogP contribution is 2.30. The minimum atomic E-state index is -0.867. The number of hydrazine groups is 1. The van der Waals surface area contributed by atoms with Gasteiger partial charge in [-0.1, -0.05) is 30.3 Å². The lowest BCUT2D eigenvalue weighted by atomic mass is 10.1. The Morgan fingerprint density at radius 3 is 2.49 bits per heavy atom. The van der Waals surface area contributed by atoms with Gasteiger partial charge < -0.3 is 14.6 Å². The number of hydrogen-bond acceptors (Lipinski definition) is 8. The van der Waals surface area contributed by atoms with Crippen molar-refractivity contribution in [3.05, 3.63) is 83.4 Å². The summed E-state index contributed by atoms with van der Waals surface area (Å²) in [6.45, 7) is 0.853. The molecule has 0 fully saturated rings. The number of nitrogens with zero attached hydrogens (tertiary/aromatic N) is 4. The van der Waals surface area contributed by atoms with Gasteiger partial charge >= 0.3 is 0 Å². The van der Waals surface area contributed by atoms with Crippen LogP contribution in [0.1, 0.15) is 27.2 Å². The Bertz CT molecular complexity index is 1120. The summed E-state index contributed by atoms with van der Waals surface area (Å²) in [4.78, 5) is 22.7. The highest BCUT2D eigenvalue weighted by molar-refractivity contribution is 5.91. The molecule has 1 aromatic heterocycles. The average Bonchev–Trinajstić information content (AvgIpc) is 3.33. The fraction of sp³-hybridized carbons (Fsp3) is 0.346. The van der Waals surface area contributed by atoms with Crippen molar-refractivity contribution in [1.82, 2.24) is 19.9 Å². The maximum atomic E-state index is 12.6. The van der Waals surface area contributed by atoms with Gasteiger partial charge in [-0.2, -0.15) is 0 Å². The topological polar surface area (TPSA) is 114 Å². The first-order valence-corrected chi connectivity index (χ1v) is 11.5. The summed E-state index contributed by atoms with van der Waals surface area (Å²) < 4.78 is 10.9. The molecule has 3 aromatic rings. The highest BCUT2D eigenvalue weighted by Gasteiger charge is 2.29. The largest absolute Gasteiger partial charge is 0.497 e. The van der Waals surface area contributed by atoms with Gasteiger partial charge in [-0.3, -0.25) is 19.7 Å². The maximum absolute atomic E-state index is 12.6. The van der Waals surface area contributed by atoms with Crippen LogP contribution < -0.4 is 15.3 Å². The molecule has 35 heavy (non-hydrogen) atoms. The van der Waals surface area contributed by atoms with Crippen molar-refractivity contribution in [2.24, 2.45) is 5.84 Å². The average molecular weight is 478 g/mol. The lowest BCUT2D eigenvalue weighted by Gasteiger charge is -2.32. The summed E-state index contributed by atoms with van der Waals surface area (Å²) >= 11 is 0. The Balaban J connectivity index is 1.50. The van der Waals surface area contributed by atoms with Crippen LogP contribution in [-0.2, 0) is 19.4 Å². The van der Waals surface area contributed by atoms with Crippen LogP contribution in [0.3, 0.4) is 0 Å². The second-order valence-corrected chi connectivity index (χ2v) is 8.64. The van der Waals surface area contributed by atoms with E-state index in [4.69, 9.17) is 15.3 Å². The SMILES string of the molecule is COc1ccc(CN(CC(O)CN(N)C(=O)c2cnccn2)C2Cc3ccccc3C2)c(OC)c1. The van der Waals surface area contributed by atoms with E-state index in [1.165, 1.54) is 29.7 Å². The van der Waals surface area contributed by atoms with Gasteiger partial charge in [0.05, 0.1) is 33.1 Å². The quantitative estimate of drug-likeness (QED) is 0.258. The molecule has 0 radical (unpaired) electrons. The number of aromatic nitrogens is 2. The molecule has 1 unspecified atom stereocenters. The van der Waals surface area contributed by atoms with Gasteiger partial charge in [-0.15, -0.1) is 0 Å². The first-order valence-electron chi connectivity index (χ1n) is 11.5. The van der Waals surface area contributed by atoms with Crippen molar-refractivity contribution in [1.29, 1.82) is 0 Å². The molecular formula is C26H31N5O4. The van der Waals surface area contributed by atoms with E-state index in [-0.39, 0.29) is 18.3 Å². The number of amides is 1. The van der Waals surface area contributed by atoms with Gasteiger partial charge in [0.25, 0.3) is 5.91 Å². The van der Waals surface area contributed by atoms with Gasteiger partial charge in [-0.05, 0) is 30.0 Å². The van der Waals surface area contributed by atoms with Crippen molar-refractivity contribution >= 4 is 5.91 Å². The Morgan fingerprint density at radius 2 is 1.86 bits per heavy atom. The van der Waals surface area contributed by atoms with Crippen molar-refractivity contribution in [2.45, 2.75) is 31.5 Å². The molecule has 4 rings (SSSR count). The van der Waals surface area contributed by atoms with Gasteiger partial charge in [0.15, 0.2) is 0 Å². The number of carbonyl (C=O) groups is 1. The molecule has 1 amide bonds. The number of carbonyl (C=O) groups excluding carboxylic acids is 1. The number of ether oxygens (including phenoxy) is 2. The molecule has 1 aliphatic rings. The van der Waals surface area contributed by atoms with Crippen LogP contribution in [0.2, 0.25) is 0 Å². The molecule has 9 heteroatoms. The zero-order valence-corrected chi connectivity index (χ0v) is 20.0. The van der Waals surface area contributed by atoms with E-state index in [0.717, 1.165) is 29.2 Å². The predicted octanol–water partition coefficient (Wildman–Crippen LogP) is 1.84. The molecule has 0 aliphatic heterocycles. The third-order valence-electron chi connectivity index (χ3n) is 6.31. The molecule has 9 nitrogen and oxygen atoms in total. The van der Waals surface area contributed by atoms with Gasteiger partial charge in [-0.25, -0.2) is 10.8 Å². The molecular weight excluding hydrogens is 446 g/mol. The zero-order valence-electron chi connectivity index (χ0n) is 20.0. The van der Waals surface area contributed by atoms with Crippen molar-refractivity contribution in [3.8, 4) is 11.5 Å². The van der Waals surface area contributed by atoms with Crippen LogP contribution in [0.4, 0.5) is 0 Å². The predicted molar refractivity (Wildman–Crippen MR) is 131 cm³/mol. The summed E-state index contributed by atoms with van der Waals surface area (Å²) in [5.74, 6) is 6.92. The van der Waals surface area contributed by atoms with Gasteiger partial charge in [0.1, 0.15) is 17.2 Å². The van der Waals surface area contributed by atoms with E-state index < -0.39 is 12.0 Å². The fourth-order valence-corrected chi connectivity index (χ4v) is 4.53. The summed E-state index contributed by atoms with van der Waals surface area (Å²) in [5, 5.41) is 11.9. The number of aliphatic hydroxyl groups excluding tert-OH is 1. The molecule has 184 valence electrons. The van der Waals surface area contributed by atoms with E-state index in [2.05, 4.69) is 39.1 Å². The van der Waals surface area contributed by atoms with Crippen LogP contribution in [-0.4, -0.2) is 70.3 Å². The van der Waals surface area contributed by atoms with Crippen LogP contribution in [0.25, 0.3) is 0 Å². The number of fused-ring (bicyclic) bond motifs is 1. The molecule has 0 bridgehead atoms. The van der Waals surface area contributed by atoms with Crippen LogP contribution in [0.5, 0.6) is 11.5 Å². The third kappa shape index (κ3) is 5.94. The number of benzene rings is 2. The highest BCUT2D eigenvalue weighted by atomic mass is 16.5. The van der Waals surface area contributed by atoms with E-state index in [1.807, 2.05) is 18.2 Å². The summed E-state index contributed by atoms with van der Waals surface area (Å²) in [6.07, 6.45) is 5.16. The standard InChI is InChI=1S/C26H31N5O4/c1-34-23-8-7-20(25(13-23)35-2)15-30(21-11-18-5-3-4-6-19(18)12-21)16-22(32)17-31(27)26(33)24-14-28-9-10-29-24/h3-10,13-14,21-22,32H,11-12,15-17,27H2,1-2H3. The molecule has 1 atom stereocenters. The number of hydrogen-bond donors (Lipinski definition) is 2. The minimum Gasteiger partial charge on any atom is -0.497 e. The maximum Gasteiger partial charge on any atom is 0.288 e. The Labute approximate surface area is 205 Å². The smallest absolute Gasteiger partial charge is 0.288 e. The summed E-state index contributed by atoms with van der Waals surface area (Å²) in [5.41, 5.74) is 3.75.